The standard InChI is InChI=1S/C11H13N5O2/c1-7-11(6-15(2)14-7)13-9-3-8(12)4-10(5-9)16(17)18/h3-6,13H,12H2,1-2H3. The van der Waals surface area contributed by atoms with Gasteiger partial charge in [-0.2, -0.15) is 5.10 Å². The minimum Gasteiger partial charge on any atom is -0.398 e. The third-order valence-corrected chi connectivity index (χ3v) is 2.44. The summed E-state index contributed by atoms with van der Waals surface area (Å²) in [6.07, 6.45) is 1.80. The fourth-order valence-corrected chi connectivity index (χ4v) is 1.69. The largest absolute Gasteiger partial charge is 0.398 e. The lowest BCUT2D eigenvalue weighted by Gasteiger charge is -2.05. The zero-order chi connectivity index (χ0) is 13.3. The van der Waals surface area contributed by atoms with E-state index in [1.54, 1.807) is 24.0 Å². The molecule has 18 heavy (non-hydrogen) atoms. The molecule has 1 aromatic carbocycles. The van der Waals surface area contributed by atoms with Gasteiger partial charge in [0.05, 0.1) is 16.3 Å². The summed E-state index contributed by atoms with van der Waals surface area (Å²) < 4.78 is 1.67. The van der Waals surface area contributed by atoms with E-state index in [1.165, 1.54) is 12.1 Å². The van der Waals surface area contributed by atoms with Gasteiger partial charge in [0.25, 0.3) is 5.69 Å². The third-order valence-electron chi connectivity index (χ3n) is 2.44. The first kappa shape index (κ1) is 11.9. The summed E-state index contributed by atoms with van der Waals surface area (Å²) in [7, 11) is 1.81. The van der Waals surface area contributed by atoms with Crippen molar-refractivity contribution in [1.29, 1.82) is 0 Å². The van der Waals surface area contributed by atoms with Crippen LogP contribution in [0.3, 0.4) is 0 Å². The summed E-state index contributed by atoms with van der Waals surface area (Å²) >= 11 is 0. The molecule has 0 amide bonds. The van der Waals surface area contributed by atoms with Gasteiger partial charge in [0.1, 0.15) is 0 Å². The number of rotatable bonds is 3. The molecular formula is C11H13N5O2. The van der Waals surface area contributed by atoms with Crippen LogP contribution >= 0.6 is 0 Å². The van der Waals surface area contributed by atoms with Crippen molar-refractivity contribution in [3.05, 3.63) is 40.2 Å². The number of non-ortho nitro benzene ring substituents is 1. The Morgan fingerprint density at radius 2 is 2.17 bits per heavy atom. The molecule has 0 saturated carbocycles. The summed E-state index contributed by atoms with van der Waals surface area (Å²) in [6, 6.07) is 4.39. The lowest BCUT2D eigenvalue weighted by molar-refractivity contribution is -0.384. The van der Waals surface area contributed by atoms with E-state index in [1.807, 2.05) is 6.92 Å². The molecule has 0 bridgehead atoms. The number of nitrogens with one attached hydrogen (secondary N) is 1. The average Bonchev–Trinajstić information content (AvgIpc) is 2.56. The van der Waals surface area contributed by atoms with E-state index in [4.69, 9.17) is 5.73 Å². The van der Waals surface area contributed by atoms with Gasteiger partial charge in [0, 0.05) is 36.8 Å². The number of anilines is 3. The van der Waals surface area contributed by atoms with E-state index >= 15 is 0 Å². The SMILES string of the molecule is Cc1nn(C)cc1Nc1cc(N)cc([N+](=O)[O-])c1. The van der Waals surface area contributed by atoms with Crippen molar-refractivity contribution in [3.63, 3.8) is 0 Å². The van der Waals surface area contributed by atoms with E-state index in [0.717, 1.165) is 11.4 Å². The molecule has 0 atom stereocenters. The van der Waals surface area contributed by atoms with Gasteiger partial charge in [-0.25, -0.2) is 0 Å². The first-order chi connectivity index (χ1) is 8.45. The van der Waals surface area contributed by atoms with Crippen molar-refractivity contribution >= 4 is 22.7 Å². The number of aryl methyl sites for hydroxylation is 2. The molecule has 0 radical (unpaired) electrons. The maximum absolute atomic E-state index is 10.7. The number of hydrogen-bond donors (Lipinski definition) is 2. The van der Waals surface area contributed by atoms with Crippen LogP contribution in [0.5, 0.6) is 0 Å². The van der Waals surface area contributed by atoms with Gasteiger partial charge >= 0.3 is 0 Å². The Kier molecular flexibility index (Phi) is 2.88. The highest BCUT2D eigenvalue weighted by atomic mass is 16.6. The molecule has 0 spiro atoms. The number of benzene rings is 1. The number of nitrogens with zero attached hydrogens (tertiary/aromatic N) is 3. The van der Waals surface area contributed by atoms with Crippen molar-refractivity contribution in [1.82, 2.24) is 9.78 Å². The van der Waals surface area contributed by atoms with Crippen LogP contribution in [0.1, 0.15) is 5.69 Å². The third kappa shape index (κ3) is 2.40. The molecule has 0 fully saturated rings. The summed E-state index contributed by atoms with van der Waals surface area (Å²) in [5.74, 6) is 0. The Labute approximate surface area is 103 Å². The van der Waals surface area contributed by atoms with E-state index < -0.39 is 4.92 Å². The molecule has 7 heteroatoms. The smallest absolute Gasteiger partial charge is 0.273 e. The van der Waals surface area contributed by atoms with E-state index in [9.17, 15) is 10.1 Å². The van der Waals surface area contributed by atoms with Crippen molar-refractivity contribution < 1.29 is 4.92 Å². The zero-order valence-corrected chi connectivity index (χ0v) is 10.0. The van der Waals surface area contributed by atoms with Crippen molar-refractivity contribution in [2.24, 2.45) is 7.05 Å². The Hall–Kier alpha value is -2.57. The van der Waals surface area contributed by atoms with Crippen LogP contribution in [0.15, 0.2) is 24.4 Å². The molecule has 7 nitrogen and oxygen atoms in total. The van der Waals surface area contributed by atoms with Crippen molar-refractivity contribution in [2.45, 2.75) is 6.92 Å². The molecule has 3 N–H and O–H groups in total. The molecule has 0 unspecified atom stereocenters. The highest BCUT2D eigenvalue weighted by Gasteiger charge is 2.10. The quantitative estimate of drug-likeness (QED) is 0.490. The molecule has 2 rings (SSSR count). The molecule has 0 aliphatic rings. The van der Waals surface area contributed by atoms with Gasteiger partial charge < -0.3 is 11.1 Å². The first-order valence-corrected chi connectivity index (χ1v) is 5.28. The minimum atomic E-state index is -0.475. The molecule has 2 aromatic rings. The van der Waals surface area contributed by atoms with Crippen LogP contribution in [-0.2, 0) is 7.05 Å². The Morgan fingerprint density at radius 3 is 2.72 bits per heavy atom. The fraction of sp³-hybridized carbons (Fsp3) is 0.182. The molecule has 0 saturated heterocycles. The fourth-order valence-electron chi connectivity index (χ4n) is 1.69. The second kappa shape index (κ2) is 4.36. The molecule has 0 aliphatic carbocycles. The van der Waals surface area contributed by atoms with E-state index in [0.29, 0.717) is 11.4 Å². The lowest BCUT2D eigenvalue weighted by atomic mass is 10.2. The van der Waals surface area contributed by atoms with Gasteiger partial charge in [0.15, 0.2) is 0 Å². The molecule has 94 valence electrons. The van der Waals surface area contributed by atoms with E-state index in [2.05, 4.69) is 10.4 Å². The summed E-state index contributed by atoms with van der Waals surface area (Å²) in [5.41, 5.74) is 8.09. The Balaban J connectivity index is 2.34. The molecular weight excluding hydrogens is 234 g/mol. The van der Waals surface area contributed by atoms with Gasteiger partial charge in [-0.15, -0.1) is 0 Å². The molecule has 0 aliphatic heterocycles. The maximum atomic E-state index is 10.7. The van der Waals surface area contributed by atoms with Crippen molar-refractivity contribution in [2.75, 3.05) is 11.1 Å². The summed E-state index contributed by atoms with van der Waals surface area (Å²) in [5, 5.41) is 18.0. The number of nitrogen functional groups attached to an aromatic ring is 1. The van der Waals surface area contributed by atoms with Crippen LogP contribution in [-0.4, -0.2) is 14.7 Å². The van der Waals surface area contributed by atoms with Gasteiger partial charge in [-0.1, -0.05) is 0 Å². The number of hydrogen-bond acceptors (Lipinski definition) is 5. The van der Waals surface area contributed by atoms with Crippen LogP contribution in [0.4, 0.5) is 22.7 Å². The predicted octanol–water partition coefficient (Wildman–Crippen LogP) is 1.96. The van der Waals surface area contributed by atoms with Crippen LogP contribution in [0.25, 0.3) is 0 Å². The second-order valence-electron chi connectivity index (χ2n) is 4.00. The predicted molar refractivity (Wildman–Crippen MR) is 68.7 cm³/mol. The van der Waals surface area contributed by atoms with Crippen molar-refractivity contribution in [3.8, 4) is 0 Å². The normalized spacial score (nSPS) is 10.3. The monoisotopic (exact) mass is 247 g/mol. The van der Waals surface area contributed by atoms with Gasteiger partial charge in [-0.3, -0.25) is 14.8 Å². The average molecular weight is 247 g/mol. The maximum Gasteiger partial charge on any atom is 0.273 e. The summed E-state index contributed by atoms with van der Waals surface area (Å²) in [4.78, 5) is 10.3. The van der Waals surface area contributed by atoms with Crippen LogP contribution < -0.4 is 11.1 Å². The second-order valence-corrected chi connectivity index (χ2v) is 4.00. The van der Waals surface area contributed by atoms with Gasteiger partial charge in [0.2, 0.25) is 0 Å². The highest BCUT2D eigenvalue weighted by molar-refractivity contribution is 5.68. The number of nitrogens with two attached hydrogens (primary N) is 1. The number of nitro groups is 1. The van der Waals surface area contributed by atoms with Gasteiger partial charge in [-0.05, 0) is 13.0 Å². The molecule has 1 aromatic heterocycles. The zero-order valence-electron chi connectivity index (χ0n) is 10.0. The lowest BCUT2D eigenvalue weighted by Crippen LogP contribution is -1.96. The number of nitro benzene ring substituents is 1. The molecule has 1 heterocycles. The summed E-state index contributed by atoms with van der Waals surface area (Å²) in [6.45, 7) is 1.85. The van der Waals surface area contributed by atoms with Crippen LogP contribution in [0, 0.1) is 17.0 Å². The number of aromatic nitrogens is 2. The first-order valence-electron chi connectivity index (χ1n) is 5.28. The van der Waals surface area contributed by atoms with Crippen LogP contribution in [0.2, 0.25) is 0 Å². The van der Waals surface area contributed by atoms with E-state index in [-0.39, 0.29) is 5.69 Å². The Morgan fingerprint density at radius 1 is 1.44 bits per heavy atom. The topological polar surface area (TPSA) is 99.0 Å². The minimum absolute atomic E-state index is 0.0426. The highest BCUT2D eigenvalue weighted by Crippen LogP contribution is 2.26. The Bertz CT molecular complexity index is 605.